The first-order chi connectivity index (χ1) is 9.30. The Balaban J connectivity index is 2.71. The fourth-order valence-corrected chi connectivity index (χ4v) is 1.37. The maximum atomic E-state index is 11.6. The van der Waals surface area contributed by atoms with E-state index in [1.54, 1.807) is 51.1 Å². The van der Waals surface area contributed by atoms with Gasteiger partial charge >= 0.3 is 12.1 Å². The van der Waals surface area contributed by atoms with Crippen molar-refractivity contribution in [1.82, 2.24) is 0 Å². The average Bonchev–Trinajstić information content (AvgIpc) is 2.34. The normalized spacial score (nSPS) is 11.2. The molecular weight excluding hydrogens is 258 g/mol. The van der Waals surface area contributed by atoms with Gasteiger partial charge in [0.05, 0.1) is 7.11 Å². The van der Waals surface area contributed by atoms with Gasteiger partial charge in [-0.05, 0) is 44.5 Å². The molecule has 0 aliphatic carbocycles. The Bertz CT molecular complexity index is 515. The van der Waals surface area contributed by atoms with Crippen molar-refractivity contribution >= 4 is 23.8 Å². The Morgan fingerprint density at radius 1 is 1.25 bits per heavy atom. The van der Waals surface area contributed by atoms with Crippen LogP contribution in [0.3, 0.4) is 0 Å². The second-order valence-corrected chi connectivity index (χ2v) is 5.11. The number of hydrogen-bond acceptors (Lipinski definition) is 4. The number of anilines is 1. The summed E-state index contributed by atoms with van der Waals surface area (Å²) in [6.07, 6.45) is 2.39. The third kappa shape index (κ3) is 6.04. The monoisotopic (exact) mass is 277 g/mol. The van der Waals surface area contributed by atoms with Gasteiger partial charge in [0.15, 0.2) is 0 Å². The predicted molar refractivity (Wildman–Crippen MR) is 77.3 cm³/mol. The molecule has 1 N–H and O–H groups in total. The summed E-state index contributed by atoms with van der Waals surface area (Å²) < 4.78 is 9.66. The van der Waals surface area contributed by atoms with Gasteiger partial charge < -0.3 is 9.47 Å². The zero-order valence-electron chi connectivity index (χ0n) is 12.1. The molecule has 0 saturated carbocycles. The maximum Gasteiger partial charge on any atom is 0.412 e. The molecule has 0 unspecified atom stereocenters. The highest BCUT2D eigenvalue weighted by atomic mass is 16.6. The summed E-state index contributed by atoms with van der Waals surface area (Å²) in [4.78, 5) is 22.6. The van der Waals surface area contributed by atoms with Gasteiger partial charge in [0, 0.05) is 11.8 Å². The van der Waals surface area contributed by atoms with Crippen LogP contribution in [0.2, 0.25) is 0 Å². The molecule has 1 amide bonds. The van der Waals surface area contributed by atoms with E-state index in [0.717, 1.165) is 5.56 Å². The highest BCUT2D eigenvalue weighted by Crippen LogP contribution is 2.14. The number of esters is 1. The van der Waals surface area contributed by atoms with Crippen LogP contribution < -0.4 is 5.32 Å². The summed E-state index contributed by atoms with van der Waals surface area (Å²) in [5.74, 6) is -0.435. The van der Waals surface area contributed by atoms with Gasteiger partial charge in [-0.25, -0.2) is 9.59 Å². The van der Waals surface area contributed by atoms with E-state index in [9.17, 15) is 9.59 Å². The van der Waals surface area contributed by atoms with Crippen molar-refractivity contribution in [3.63, 3.8) is 0 Å². The zero-order chi connectivity index (χ0) is 15.2. The first-order valence-corrected chi connectivity index (χ1v) is 6.16. The minimum Gasteiger partial charge on any atom is -0.466 e. The minimum absolute atomic E-state index is 0.435. The van der Waals surface area contributed by atoms with E-state index < -0.39 is 17.7 Å². The number of rotatable bonds is 3. The van der Waals surface area contributed by atoms with Crippen LogP contribution in [0, 0.1) is 0 Å². The third-order valence-electron chi connectivity index (χ3n) is 2.14. The summed E-state index contributed by atoms with van der Waals surface area (Å²) in [6, 6.07) is 7.03. The predicted octanol–water partition coefficient (Wildman–Crippen LogP) is 3.22. The molecule has 5 nitrogen and oxygen atoms in total. The summed E-state index contributed by atoms with van der Waals surface area (Å²) >= 11 is 0. The lowest BCUT2D eigenvalue weighted by molar-refractivity contribution is -0.134. The fourth-order valence-electron chi connectivity index (χ4n) is 1.37. The zero-order valence-corrected chi connectivity index (χ0v) is 12.1. The van der Waals surface area contributed by atoms with E-state index in [1.165, 1.54) is 13.2 Å². The van der Waals surface area contributed by atoms with Crippen LogP contribution in [0.25, 0.3) is 6.08 Å². The van der Waals surface area contributed by atoms with Crippen molar-refractivity contribution in [2.75, 3.05) is 12.4 Å². The second kappa shape index (κ2) is 6.75. The van der Waals surface area contributed by atoms with Gasteiger partial charge in [0.1, 0.15) is 5.60 Å². The van der Waals surface area contributed by atoms with E-state index in [4.69, 9.17) is 4.74 Å². The second-order valence-electron chi connectivity index (χ2n) is 5.11. The van der Waals surface area contributed by atoms with Crippen LogP contribution in [0.1, 0.15) is 26.3 Å². The number of amides is 1. The van der Waals surface area contributed by atoms with E-state index in [0.29, 0.717) is 5.69 Å². The van der Waals surface area contributed by atoms with Crippen LogP contribution in [-0.2, 0) is 14.3 Å². The summed E-state index contributed by atoms with van der Waals surface area (Å²) in [5.41, 5.74) is 0.808. The molecule has 0 atom stereocenters. The van der Waals surface area contributed by atoms with Crippen molar-refractivity contribution in [3.05, 3.63) is 35.9 Å². The van der Waals surface area contributed by atoms with Gasteiger partial charge in [-0.2, -0.15) is 0 Å². The lowest BCUT2D eigenvalue weighted by Gasteiger charge is -2.19. The van der Waals surface area contributed by atoms with Crippen molar-refractivity contribution in [2.24, 2.45) is 0 Å². The van der Waals surface area contributed by atoms with Gasteiger partial charge in [-0.1, -0.05) is 12.1 Å². The highest BCUT2D eigenvalue weighted by molar-refractivity contribution is 5.88. The molecule has 0 aliphatic heterocycles. The SMILES string of the molecule is COC(=O)C=Cc1cccc(NC(=O)OC(C)(C)C)c1. The van der Waals surface area contributed by atoms with Gasteiger partial charge in [0.2, 0.25) is 0 Å². The smallest absolute Gasteiger partial charge is 0.412 e. The summed E-state index contributed by atoms with van der Waals surface area (Å²) in [7, 11) is 1.31. The molecule has 0 aromatic heterocycles. The van der Waals surface area contributed by atoms with Gasteiger partial charge in [0.25, 0.3) is 0 Å². The first-order valence-electron chi connectivity index (χ1n) is 6.16. The van der Waals surface area contributed by atoms with Crippen molar-refractivity contribution in [3.8, 4) is 0 Å². The molecule has 0 aliphatic rings. The lowest BCUT2D eigenvalue weighted by atomic mass is 10.2. The number of benzene rings is 1. The Kier molecular flexibility index (Phi) is 5.32. The van der Waals surface area contributed by atoms with E-state index >= 15 is 0 Å². The van der Waals surface area contributed by atoms with E-state index in [2.05, 4.69) is 10.1 Å². The molecule has 0 heterocycles. The van der Waals surface area contributed by atoms with E-state index in [-0.39, 0.29) is 0 Å². The first kappa shape index (κ1) is 15.8. The maximum absolute atomic E-state index is 11.6. The Labute approximate surface area is 118 Å². The molecule has 0 saturated heterocycles. The topological polar surface area (TPSA) is 64.6 Å². The molecule has 20 heavy (non-hydrogen) atoms. The van der Waals surface area contributed by atoms with Crippen LogP contribution in [0.15, 0.2) is 30.3 Å². The number of nitrogens with one attached hydrogen (secondary N) is 1. The molecule has 1 rings (SSSR count). The van der Waals surface area contributed by atoms with E-state index in [1.807, 2.05) is 0 Å². The lowest BCUT2D eigenvalue weighted by Crippen LogP contribution is -2.27. The molecule has 1 aromatic rings. The standard InChI is InChI=1S/C15H19NO4/c1-15(2,3)20-14(18)16-12-7-5-6-11(10-12)8-9-13(17)19-4/h5-10H,1-4H3,(H,16,18). The molecule has 0 spiro atoms. The highest BCUT2D eigenvalue weighted by Gasteiger charge is 2.16. The number of hydrogen-bond donors (Lipinski definition) is 1. The molecule has 0 bridgehead atoms. The Morgan fingerprint density at radius 2 is 1.95 bits per heavy atom. The summed E-state index contributed by atoms with van der Waals surface area (Å²) in [5, 5.41) is 2.63. The molecule has 1 aromatic carbocycles. The van der Waals surface area contributed by atoms with Crippen LogP contribution in [0.5, 0.6) is 0 Å². The Hall–Kier alpha value is -2.30. The fraction of sp³-hybridized carbons (Fsp3) is 0.333. The minimum atomic E-state index is -0.549. The van der Waals surface area contributed by atoms with Gasteiger partial charge in [-0.15, -0.1) is 0 Å². The molecular formula is C15H19NO4. The quantitative estimate of drug-likeness (QED) is 0.680. The number of ether oxygens (including phenoxy) is 2. The Morgan fingerprint density at radius 3 is 2.55 bits per heavy atom. The van der Waals surface area contributed by atoms with Crippen LogP contribution in [-0.4, -0.2) is 24.8 Å². The van der Waals surface area contributed by atoms with Crippen LogP contribution in [0.4, 0.5) is 10.5 Å². The third-order valence-corrected chi connectivity index (χ3v) is 2.14. The molecule has 0 fully saturated rings. The number of carbonyl (C=O) groups excluding carboxylic acids is 2. The van der Waals surface area contributed by atoms with Crippen LogP contribution >= 0.6 is 0 Å². The summed E-state index contributed by atoms with van der Waals surface area (Å²) in [6.45, 7) is 5.38. The average molecular weight is 277 g/mol. The van der Waals surface area contributed by atoms with Crippen molar-refractivity contribution in [2.45, 2.75) is 26.4 Å². The molecule has 108 valence electrons. The van der Waals surface area contributed by atoms with Crippen molar-refractivity contribution < 1.29 is 19.1 Å². The molecule has 0 radical (unpaired) electrons. The van der Waals surface area contributed by atoms with Crippen molar-refractivity contribution in [1.29, 1.82) is 0 Å². The number of methoxy groups -OCH3 is 1. The van der Waals surface area contributed by atoms with Gasteiger partial charge in [-0.3, -0.25) is 5.32 Å². The number of carbonyl (C=O) groups is 2. The largest absolute Gasteiger partial charge is 0.466 e. The molecule has 5 heteroatoms.